The van der Waals surface area contributed by atoms with Gasteiger partial charge in [-0.3, -0.25) is 4.79 Å². The molecule has 5 nitrogen and oxygen atoms in total. The number of nitrogens with zero attached hydrogens (tertiary/aromatic N) is 4. The van der Waals surface area contributed by atoms with Gasteiger partial charge < -0.3 is 9.80 Å². The number of hydrogen-bond donors (Lipinski definition) is 0. The molecule has 5 heteroatoms. The van der Waals surface area contributed by atoms with E-state index < -0.39 is 0 Å². The van der Waals surface area contributed by atoms with Crippen molar-refractivity contribution < 1.29 is 4.79 Å². The molecule has 2 aliphatic heterocycles. The van der Waals surface area contributed by atoms with Crippen LogP contribution in [-0.4, -0.2) is 35.4 Å². The molecule has 0 N–H and O–H groups in total. The van der Waals surface area contributed by atoms with E-state index in [2.05, 4.69) is 34.2 Å². The van der Waals surface area contributed by atoms with Crippen molar-refractivity contribution in [3.63, 3.8) is 0 Å². The molecular formula is C20H20N4O. The van der Waals surface area contributed by atoms with Crippen LogP contribution < -0.4 is 4.90 Å². The maximum atomic E-state index is 11.9. The highest BCUT2D eigenvalue weighted by Crippen LogP contribution is 2.41. The minimum atomic E-state index is 0.289. The summed E-state index contributed by atoms with van der Waals surface area (Å²) >= 11 is 0. The van der Waals surface area contributed by atoms with Crippen molar-refractivity contribution in [2.75, 3.05) is 24.5 Å². The molecule has 2 aromatic rings. The Morgan fingerprint density at radius 1 is 1.24 bits per heavy atom. The number of aromatic nitrogens is 1. The average Bonchev–Trinajstić information content (AvgIpc) is 3.23. The molecule has 0 spiro atoms. The van der Waals surface area contributed by atoms with E-state index in [4.69, 9.17) is 5.26 Å². The molecular weight excluding hydrogens is 312 g/mol. The SMILES string of the molecule is N#Cc1ccc(N2C[C@@H](CCN3CCCC3=O)c3ccccc32)nc1. The topological polar surface area (TPSA) is 60.2 Å². The molecule has 0 radical (unpaired) electrons. The fourth-order valence-corrected chi connectivity index (χ4v) is 3.82. The molecule has 0 unspecified atom stereocenters. The Hall–Kier alpha value is -2.87. The highest BCUT2D eigenvalue weighted by Gasteiger charge is 2.31. The first-order chi connectivity index (χ1) is 12.3. The van der Waals surface area contributed by atoms with E-state index >= 15 is 0 Å². The van der Waals surface area contributed by atoms with Crippen molar-refractivity contribution in [2.45, 2.75) is 25.2 Å². The molecule has 1 saturated heterocycles. The van der Waals surface area contributed by atoms with Crippen LogP contribution >= 0.6 is 0 Å². The monoisotopic (exact) mass is 332 g/mol. The molecule has 1 atom stereocenters. The standard InChI is InChI=1S/C20H20N4O/c21-12-15-7-8-19(22-13-15)24-14-16(17-4-1-2-5-18(17)24)9-11-23-10-3-6-20(23)25/h1-2,4-5,7-8,13,16H,3,6,9-11,14H2/t16-/m1/s1. The number of hydrogen-bond acceptors (Lipinski definition) is 4. The summed E-state index contributed by atoms with van der Waals surface area (Å²) in [5.41, 5.74) is 3.07. The van der Waals surface area contributed by atoms with Crippen molar-refractivity contribution in [1.29, 1.82) is 5.26 Å². The summed E-state index contributed by atoms with van der Waals surface area (Å²) < 4.78 is 0. The second-order valence-electron chi connectivity index (χ2n) is 6.66. The molecule has 25 heavy (non-hydrogen) atoms. The summed E-state index contributed by atoms with van der Waals surface area (Å²) in [6, 6.07) is 14.2. The van der Waals surface area contributed by atoms with Gasteiger partial charge in [0.1, 0.15) is 11.9 Å². The van der Waals surface area contributed by atoms with E-state index in [1.165, 1.54) is 11.3 Å². The number of pyridine rings is 1. The van der Waals surface area contributed by atoms with Gasteiger partial charge in [-0.05, 0) is 36.6 Å². The van der Waals surface area contributed by atoms with E-state index in [0.717, 1.165) is 38.3 Å². The quantitative estimate of drug-likeness (QED) is 0.862. The molecule has 2 aliphatic rings. The number of fused-ring (bicyclic) bond motifs is 1. The normalized spacial score (nSPS) is 19.2. The number of nitriles is 1. The van der Waals surface area contributed by atoms with Crippen molar-refractivity contribution in [1.82, 2.24) is 9.88 Å². The van der Waals surface area contributed by atoms with Crippen molar-refractivity contribution >= 4 is 17.4 Å². The Bertz CT molecular complexity index is 824. The second-order valence-corrected chi connectivity index (χ2v) is 6.66. The lowest BCUT2D eigenvalue weighted by Crippen LogP contribution is -2.27. The van der Waals surface area contributed by atoms with E-state index in [1.807, 2.05) is 17.0 Å². The number of rotatable bonds is 4. The van der Waals surface area contributed by atoms with E-state index in [-0.39, 0.29) is 5.91 Å². The van der Waals surface area contributed by atoms with Gasteiger partial charge in [-0.25, -0.2) is 4.98 Å². The van der Waals surface area contributed by atoms with Crippen LogP contribution in [0.4, 0.5) is 11.5 Å². The number of carbonyl (C=O) groups excluding carboxylic acids is 1. The number of para-hydroxylation sites is 1. The predicted molar refractivity (Wildman–Crippen MR) is 95.6 cm³/mol. The fourth-order valence-electron chi connectivity index (χ4n) is 3.82. The lowest BCUT2D eigenvalue weighted by Gasteiger charge is -2.20. The van der Waals surface area contributed by atoms with Gasteiger partial charge in [0, 0.05) is 43.9 Å². The van der Waals surface area contributed by atoms with Gasteiger partial charge in [0.25, 0.3) is 0 Å². The Morgan fingerprint density at radius 3 is 2.84 bits per heavy atom. The third kappa shape index (κ3) is 2.96. The van der Waals surface area contributed by atoms with Crippen molar-refractivity contribution in [3.8, 4) is 6.07 Å². The molecule has 3 heterocycles. The third-order valence-corrected chi connectivity index (χ3v) is 5.14. The fraction of sp³-hybridized carbons (Fsp3) is 0.350. The van der Waals surface area contributed by atoms with Crippen LogP contribution in [0.5, 0.6) is 0 Å². The van der Waals surface area contributed by atoms with Gasteiger partial charge in [0.15, 0.2) is 0 Å². The predicted octanol–water partition coefficient (Wildman–Crippen LogP) is 3.20. The van der Waals surface area contributed by atoms with Crippen molar-refractivity contribution in [3.05, 3.63) is 53.7 Å². The zero-order chi connectivity index (χ0) is 17.2. The van der Waals surface area contributed by atoms with E-state index in [1.54, 1.807) is 12.3 Å². The average molecular weight is 332 g/mol. The molecule has 0 aliphatic carbocycles. The minimum absolute atomic E-state index is 0.289. The Kier molecular flexibility index (Phi) is 4.10. The Balaban J connectivity index is 1.54. The smallest absolute Gasteiger partial charge is 0.222 e. The molecule has 1 amide bonds. The van der Waals surface area contributed by atoms with Gasteiger partial charge >= 0.3 is 0 Å². The van der Waals surface area contributed by atoms with Gasteiger partial charge in [0.05, 0.1) is 5.56 Å². The zero-order valence-corrected chi connectivity index (χ0v) is 14.1. The largest absolute Gasteiger partial charge is 0.343 e. The van der Waals surface area contributed by atoms with Gasteiger partial charge in [-0.1, -0.05) is 18.2 Å². The van der Waals surface area contributed by atoms with Crippen LogP contribution in [0.1, 0.15) is 36.3 Å². The third-order valence-electron chi connectivity index (χ3n) is 5.14. The molecule has 126 valence electrons. The van der Waals surface area contributed by atoms with E-state index in [0.29, 0.717) is 17.9 Å². The number of amides is 1. The molecule has 0 saturated carbocycles. The number of carbonyl (C=O) groups is 1. The minimum Gasteiger partial charge on any atom is -0.343 e. The number of anilines is 2. The maximum Gasteiger partial charge on any atom is 0.222 e. The lowest BCUT2D eigenvalue weighted by molar-refractivity contribution is -0.127. The second kappa shape index (κ2) is 6.56. The summed E-state index contributed by atoms with van der Waals surface area (Å²) in [4.78, 5) is 20.5. The van der Waals surface area contributed by atoms with Crippen molar-refractivity contribution in [2.24, 2.45) is 0 Å². The van der Waals surface area contributed by atoms with Gasteiger partial charge in [-0.2, -0.15) is 5.26 Å². The Labute approximate surface area is 147 Å². The van der Waals surface area contributed by atoms with E-state index in [9.17, 15) is 4.79 Å². The summed E-state index contributed by atoms with van der Waals surface area (Å²) in [6.07, 6.45) is 4.27. The van der Waals surface area contributed by atoms with Gasteiger partial charge in [-0.15, -0.1) is 0 Å². The summed E-state index contributed by atoms with van der Waals surface area (Å²) in [6.45, 7) is 2.58. The first-order valence-electron chi connectivity index (χ1n) is 8.76. The van der Waals surface area contributed by atoms with Crippen LogP contribution in [-0.2, 0) is 4.79 Å². The maximum absolute atomic E-state index is 11.9. The summed E-state index contributed by atoms with van der Waals surface area (Å²) in [7, 11) is 0. The lowest BCUT2D eigenvalue weighted by atomic mass is 9.98. The zero-order valence-electron chi connectivity index (χ0n) is 14.1. The summed E-state index contributed by atoms with van der Waals surface area (Å²) in [5, 5.41) is 8.95. The first kappa shape index (κ1) is 15.6. The molecule has 0 bridgehead atoms. The van der Waals surface area contributed by atoms with Crippen LogP contribution in [0.2, 0.25) is 0 Å². The molecule has 1 fully saturated rings. The number of benzene rings is 1. The molecule has 1 aromatic heterocycles. The van der Waals surface area contributed by atoms with Crippen LogP contribution in [0.25, 0.3) is 0 Å². The van der Waals surface area contributed by atoms with Gasteiger partial charge in [0.2, 0.25) is 5.91 Å². The molecule has 1 aromatic carbocycles. The van der Waals surface area contributed by atoms with Crippen LogP contribution in [0, 0.1) is 11.3 Å². The molecule has 4 rings (SSSR count). The Morgan fingerprint density at radius 2 is 2.12 bits per heavy atom. The van der Waals surface area contributed by atoms with Crippen LogP contribution in [0.15, 0.2) is 42.6 Å². The number of likely N-dealkylation sites (tertiary alicyclic amines) is 1. The van der Waals surface area contributed by atoms with Crippen LogP contribution in [0.3, 0.4) is 0 Å². The summed E-state index contributed by atoms with van der Waals surface area (Å²) in [5.74, 6) is 1.55. The first-order valence-corrected chi connectivity index (χ1v) is 8.76. The highest BCUT2D eigenvalue weighted by atomic mass is 16.2. The highest BCUT2D eigenvalue weighted by molar-refractivity contribution is 5.78.